The number of halogens is 1. The van der Waals surface area contributed by atoms with Gasteiger partial charge in [-0.05, 0) is 49.8 Å². The number of piperidine rings is 1. The molecule has 2 unspecified atom stereocenters. The minimum Gasteiger partial charge on any atom is -0.340 e. The van der Waals surface area contributed by atoms with Gasteiger partial charge in [0.25, 0.3) is 0 Å². The van der Waals surface area contributed by atoms with Gasteiger partial charge in [0, 0.05) is 36.3 Å². The molecule has 1 aromatic carbocycles. The van der Waals surface area contributed by atoms with E-state index in [2.05, 4.69) is 5.32 Å². The molecule has 6 heteroatoms. The highest BCUT2D eigenvalue weighted by atomic mass is 35.5. The lowest BCUT2D eigenvalue weighted by Crippen LogP contribution is -2.49. The van der Waals surface area contributed by atoms with Crippen LogP contribution < -0.4 is 5.32 Å². The van der Waals surface area contributed by atoms with Crippen molar-refractivity contribution in [2.45, 2.75) is 38.1 Å². The Morgan fingerprint density at radius 3 is 2.64 bits per heavy atom. The molecule has 1 N–H and O–H groups in total. The Bertz CT molecular complexity index is 676. The molecule has 4 fully saturated rings. The highest BCUT2D eigenvalue weighted by molar-refractivity contribution is 6.30. The minimum atomic E-state index is -0.0880. The second-order valence-electron chi connectivity index (χ2n) is 7.56. The molecular weight excluding hydrogens is 338 g/mol. The molecule has 5 nitrogen and oxygen atoms in total. The van der Waals surface area contributed by atoms with Crippen molar-refractivity contribution in [1.82, 2.24) is 9.80 Å². The lowest BCUT2D eigenvalue weighted by molar-refractivity contribution is -0.138. The van der Waals surface area contributed by atoms with Gasteiger partial charge in [0.05, 0.1) is 6.04 Å². The van der Waals surface area contributed by atoms with Crippen LogP contribution in [0.25, 0.3) is 0 Å². The summed E-state index contributed by atoms with van der Waals surface area (Å²) < 4.78 is 0. The topological polar surface area (TPSA) is 52.7 Å². The van der Waals surface area contributed by atoms with Crippen LogP contribution >= 0.6 is 11.6 Å². The number of nitrogens with one attached hydrogen (secondary N) is 1. The summed E-state index contributed by atoms with van der Waals surface area (Å²) in [4.78, 5) is 29.4. The first-order chi connectivity index (χ1) is 12.1. The Balaban J connectivity index is 1.44. The van der Waals surface area contributed by atoms with Crippen molar-refractivity contribution in [3.8, 4) is 0 Å². The van der Waals surface area contributed by atoms with Crippen LogP contribution in [0, 0.1) is 11.8 Å². The molecule has 1 aliphatic carbocycles. The van der Waals surface area contributed by atoms with Crippen LogP contribution in [0.15, 0.2) is 24.3 Å². The van der Waals surface area contributed by atoms with E-state index in [9.17, 15) is 9.59 Å². The number of anilines is 1. The normalized spacial score (nSPS) is 26.1. The number of hydrogen-bond donors (Lipinski definition) is 1. The lowest BCUT2D eigenvalue weighted by atomic mass is 9.84. The van der Waals surface area contributed by atoms with Gasteiger partial charge in [-0.15, -0.1) is 0 Å². The Morgan fingerprint density at radius 1 is 1.08 bits per heavy atom. The molecule has 0 spiro atoms. The second kappa shape index (κ2) is 6.87. The molecular formula is C19H24ClN3O2. The third kappa shape index (κ3) is 3.47. The minimum absolute atomic E-state index is 0.0880. The van der Waals surface area contributed by atoms with Gasteiger partial charge in [0.1, 0.15) is 0 Å². The third-order valence-corrected chi connectivity index (χ3v) is 6.05. The van der Waals surface area contributed by atoms with Crippen molar-refractivity contribution in [2.24, 2.45) is 11.8 Å². The molecule has 3 heterocycles. The molecule has 3 amide bonds. The Hall–Kier alpha value is -1.75. The Morgan fingerprint density at radius 2 is 1.92 bits per heavy atom. The largest absolute Gasteiger partial charge is 0.340 e. The van der Waals surface area contributed by atoms with E-state index in [1.165, 1.54) is 6.42 Å². The van der Waals surface area contributed by atoms with Crippen molar-refractivity contribution >= 4 is 29.2 Å². The fraction of sp³-hybridized carbons (Fsp3) is 0.579. The number of hydrogen-bond acceptors (Lipinski definition) is 2. The Kier molecular flexibility index (Phi) is 4.59. The molecule has 1 aromatic rings. The molecule has 2 bridgehead atoms. The van der Waals surface area contributed by atoms with Crippen molar-refractivity contribution in [2.75, 3.05) is 25.0 Å². The van der Waals surface area contributed by atoms with E-state index in [1.807, 2.05) is 21.9 Å². The van der Waals surface area contributed by atoms with Gasteiger partial charge in [-0.3, -0.25) is 4.79 Å². The number of amides is 3. The third-order valence-electron chi connectivity index (χ3n) is 5.82. The van der Waals surface area contributed by atoms with Crippen LogP contribution in [0.1, 0.15) is 32.1 Å². The molecule has 25 heavy (non-hydrogen) atoms. The summed E-state index contributed by atoms with van der Waals surface area (Å²) in [6.07, 6.45) is 5.31. The zero-order chi connectivity index (χ0) is 17.4. The fourth-order valence-corrected chi connectivity index (χ4v) is 4.38. The van der Waals surface area contributed by atoms with Gasteiger partial charge in [0.15, 0.2) is 0 Å². The van der Waals surface area contributed by atoms with E-state index in [0.29, 0.717) is 29.1 Å². The molecule has 1 saturated carbocycles. The van der Waals surface area contributed by atoms with Gasteiger partial charge in [-0.2, -0.15) is 0 Å². The van der Waals surface area contributed by atoms with E-state index >= 15 is 0 Å². The summed E-state index contributed by atoms with van der Waals surface area (Å²) in [5.74, 6) is 0.916. The highest BCUT2D eigenvalue weighted by Gasteiger charge is 2.40. The summed E-state index contributed by atoms with van der Waals surface area (Å²) in [7, 11) is 0. The van der Waals surface area contributed by atoms with Gasteiger partial charge < -0.3 is 15.1 Å². The number of nitrogens with zero attached hydrogens (tertiary/aromatic N) is 2. The smallest absolute Gasteiger partial charge is 0.322 e. The first-order valence-corrected chi connectivity index (χ1v) is 9.60. The first kappa shape index (κ1) is 16.7. The predicted octanol–water partition coefficient (Wildman–Crippen LogP) is 3.59. The molecule has 3 saturated heterocycles. The maximum Gasteiger partial charge on any atom is 0.322 e. The maximum absolute atomic E-state index is 12.8. The van der Waals surface area contributed by atoms with Crippen LogP contribution in [-0.4, -0.2) is 47.4 Å². The monoisotopic (exact) mass is 361 g/mol. The Labute approximate surface area is 153 Å². The molecule has 5 rings (SSSR count). The molecule has 3 aliphatic heterocycles. The van der Waals surface area contributed by atoms with Gasteiger partial charge in [-0.1, -0.05) is 24.1 Å². The summed E-state index contributed by atoms with van der Waals surface area (Å²) in [5.41, 5.74) is 0.708. The van der Waals surface area contributed by atoms with Gasteiger partial charge >= 0.3 is 6.03 Å². The summed E-state index contributed by atoms with van der Waals surface area (Å²) in [5, 5.41) is 3.56. The average Bonchev–Trinajstić information content (AvgIpc) is 2.85. The number of rotatable bonds is 2. The van der Waals surface area contributed by atoms with Crippen molar-refractivity contribution < 1.29 is 9.59 Å². The average molecular weight is 362 g/mol. The number of carbonyl (C=O) groups is 2. The van der Waals surface area contributed by atoms with Crippen LogP contribution in [0.5, 0.6) is 0 Å². The van der Waals surface area contributed by atoms with E-state index < -0.39 is 0 Å². The predicted molar refractivity (Wildman–Crippen MR) is 97.6 cm³/mol. The number of urea groups is 1. The van der Waals surface area contributed by atoms with E-state index in [0.717, 1.165) is 38.8 Å². The van der Waals surface area contributed by atoms with Crippen LogP contribution in [0.2, 0.25) is 5.02 Å². The molecule has 134 valence electrons. The quantitative estimate of drug-likeness (QED) is 0.875. The van der Waals surface area contributed by atoms with E-state index in [4.69, 9.17) is 11.6 Å². The zero-order valence-electron chi connectivity index (χ0n) is 14.3. The molecule has 0 radical (unpaired) electrons. The fourth-order valence-electron chi connectivity index (χ4n) is 4.19. The SMILES string of the molecule is O=C(C1CCC1)N1CC2CCC(C1)N(C(=O)Nc1cccc(Cl)c1)C2. The lowest BCUT2D eigenvalue weighted by Gasteiger charge is -2.36. The van der Waals surface area contributed by atoms with Crippen molar-refractivity contribution in [3.05, 3.63) is 29.3 Å². The van der Waals surface area contributed by atoms with Crippen LogP contribution in [0.3, 0.4) is 0 Å². The number of benzene rings is 1. The number of carbonyl (C=O) groups excluding carboxylic acids is 2. The van der Waals surface area contributed by atoms with Gasteiger partial charge in [-0.25, -0.2) is 4.79 Å². The van der Waals surface area contributed by atoms with Crippen molar-refractivity contribution in [3.63, 3.8) is 0 Å². The van der Waals surface area contributed by atoms with E-state index in [-0.39, 0.29) is 18.0 Å². The van der Waals surface area contributed by atoms with Gasteiger partial charge in [0.2, 0.25) is 5.91 Å². The summed E-state index contributed by atoms with van der Waals surface area (Å²) in [6.45, 7) is 2.20. The molecule has 0 aromatic heterocycles. The number of fused-ring (bicyclic) bond motifs is 4. The summed E-state index contributed by atoms with van der Waals surface area (Å²) in [6, 6.07) is 7.23. The zero-order valence-corrected chi connectivity index (χ0v) is 15.0. The standard InChI is InChI=1S/C19H24ClN3O2/c20-15-5-2-6-16(9-15)21-19(25)23-11-13-7-8-17(23)12-22(10-13)18(24)14-3-1-4-14/h2,5-6,9,13-14,17H,1,3-4,7-8,10-12H2,(H,21,25). The van der Waals surface area contributed by atoms with Crippen LogP contribution in [0.4, 0.5) is 10.5 Å². The highest BCUT2D eigenvalue weighted by Crippen LogP contribution is 2.33. The first-order valence-electron chi connectivity index (χ1n) is 9.22. The molecule has 2 atom stereocenters. The van der Waals surface area contributed by atoms with Crippen molar-refractivity contribution in [1.29, 1.82) is 0 Å². The van der Waals surface area contributed by atoms with Crippen LogP contribution in [-0.2, 0) is 4.79 Å². The van der Waals surface area contributed by atoms with E-state index in [1.54, 1.807) is 12.1 Å². The maximum atomic E-state index is 12.8. The second-order valence-corrected chi connectivity index (χ2v) is 8.00. The summed E-state index contributed by atoms with van der Waals surface area (Å²) >= 11 is 6.00. The molecule has 4 aliphatic rings.